The number of H-pyrrole nitrogens is 1. The van der Waals surface area contributed by atoms with Crippen molar-refractivity contribution < 1.29 is 5.11 Å². The maximum Gasteiger partial charge on any atom is 0.328 e. The van der Waals surface area contributed by atoms with Crippen molar-refractivity contribution in [3.8, 4) is 0 Å². The zero-order valence-electron chi connectivity index (χ0n) is 13.5. The lowest BCUT2D eigenvalue weighted by Gasteiger charge is -2.05. The summed E-state index contributed by atoms with van der Waals surface area (Å²) in [6.07, 6.45) is 0. The van der Waals surface area contributed by atoms with E-state index in [2.05, 4.69) is 25.3 Å². The fourth-order valence-electron chi connectivity index (χ4n) is 2.87. The third kappa shape index (κ3) is 2.52. The number of hydrogen-bond donors (Lipinski definition) is 3. The van der Waals surface area contributed by atoms with Crippen molar-refractivity contribution in [1.29, 1.82) is 0 Å². The number of rotatable bonds is 4. The van der Waals surface area contributed by atoms with Crippen molar-refractivity contribution in [3.05, 3.63) is 40.1 Å². The summed E-state index contributed by atoms with van der Waals surface area (Å²) in [5.74, 6) is 0.751. The molecule has 0 aliphatic carbocycles. The predicted molar refractivity (Wildman–Crippen MR) is 91.0 cm³/mol. The van der Waals surface area contributed by atoms with Crippen LogP contribution in [0.3, 0.4) is 0 Å². The number of nitrogens with zero attached hydrogens (tertiary/aromatic N) is 6. The van der Waals surface area contributed by atoms with Crippen molar-refractivity contribution in [2.24, 2.45) is 0 Å². The number of nitrogen functional groups attached to an aromatic ring is 1. The molecule has 10 nitrogen and oxygen atoms in total. The molecule has 4 aromatic rings. The zero-order valence-corrected chi connectivity index (χ0v) is 13.5. The van der Waals surface area contributed by atoms with E-state index in [9.17, 15) is 4.79 Å². The SMILES string of the molecule is Cc1nc(N)c2[nH]c(=O)n(Cc3ccc4c(c3)nnn4CCO)c2n1. The maximum atomic E-state index is 12.3. The van der Waals surface area contributed by atoms with Crippen LogP contribution < -0.4 is 11.4 Å². The number of benzene rings is 1. The normalized spacial score (nSPS) is 11.6. The van der Waals surface area contributed by atoms with Crippen LogP contribution in [0.4, 0.5) is 5.82 Å². The molecule has 4 N–H and O–H groups in total. The second-order valence-corrected chi connectivity index (χ2v) is 5.73. The lowest BCUT2D eigenvalue weighted by molar-refractivity contribution is 0.270. The van der Waals surface area contributed by atoms with Gasteiger partial charge in [-0.3, -0.25) is 4.57 Å². The van der Waals surface area contributed by atoms with Gasteiger partial charge in [0.05, 0.1) is 25.2 Å². The summed E-state index contributed by atoms with van der Waals surface area (Å²) >= 11 is 0. The van der Waals surface area contributed by atoms with Crippen LogP contribution in [0.2, 0.25) is 0 Å². The van der Waals surface area contributed by atoms with E-state index in [1.54, 1.807) is 11.6 Å². The summed E-state index contributed by atoms with van der Waals surface area (Å²) in [6.45, 7) is 2.42. The number of aromatic amines is 1. The molecular weight excluding hydrogens is 324 g/mol. The van der Waals surface area contributed by atoms with Crippen LogP contribution >= 0.6 is 0 Å². The number of nitrogens with one attached hydrogen (secondary N) is 1. The van der Waals surface area contributed by atoms with Crippen LogP contribution in [-0.2, 0) is 13.1 Å². The molecule has 0 fully saturated rings. The van der Waals surface area contributed by atoms with Crippen LogP contribution in [0.15, 0.2) is 23.0 Å². The van der Waals surface area contributed by atoms with Gasteiger partial charge in [0, 0.05) is 0 Å². The summed E-state index contributed by atoms with van der Waals surface area (Å²) in [7, 11) is 0. The van der Waals surface area contributed by atoms with E-state index in [-0.39, 0.29) is 18.1 Å². The van der Waals surface area contributed by atoms with E-state index in [4.69, 9.17) is 10.8 Å². The Morgan fingerprint density at radius 3 is 2.96 bits per heavy atom. The number of anilines is 1. The number of nitrogens with two attached hydrogens (primary N) is 1. The lowest BCUT2D eigenvalue weighted by Crippen LogP contribution is -2.17. The highest BCUT2D eigenvalue weighted by Gasteiger charge is 2.13. The third-order valence-corrected chi connectivity index (χ3v) is 3.99. The summed E-state index contributed by atoms with van der Waals surface area (Å²) < 4.78 is 3.15. The fourth-order valence-corrected chi connectivity index (χ4v) is 2.87. The van der Waals surface area contributed by atoms with Crippen molar-refractivity contribution in [2.75, 3.05) is 12.3 Å². The molecule has 3 heterocycles. The molecule has 0 saturated heterocycles. The highest BCUT2D eigenvalue weighted by molar-refractivity contribution is 5.81. The first-order valence-electron chi connectivity index (χ1n) is 7.72. The molecule has 10 heteroatoms. The maximum absolute atomic E-state index is 12.3. The monoisotopic (exact) mass is 340 g/mol. The van der Waals surface area contributed by atoms with Gasteiger partial charge in [-0.15, -0.1) is 5.10 Å². The first kappa shape index (κ1) is 15.3. The predicted octanol–water partition coefficient (Wildman–Crippen LogP) is -0.204. The number of hydrogen-bond acceptors (Lipinski definition) is 7. The minimum Gasteiger partial charge on any atom is -0.394 e. The molecule has 0 aliphatic heterocycles. The Morgan fingerprint density at radius 1 is 1.32 bits per heavy atom. The standard InChI is InChI=1S/C15H16N8O2/c1-8-17-13(16)12-14(18-8)22(15(25)19-12)7-9-2-3-11-10(6-9)20-21-23(11)4-5-24/h2-3,6,24H,4-5,7H2,1H3,(H,19,25)(H2,16,17,18). The van der Waals surface area contributed by atoms with Gasteiger partial charge < -0.3 is 15.8 Å². The molecule has 0 aliphatic rings. The molecule has 1 aromatic carbocycles. The van der Waals surface area contributed by atoms with Gasteiger partial charge in [-0.05, 0) is 24.6 Å². The Labute approximate surface area is 140 Å². The van der Waals surface area contributed by atoms with E-state index in [1.165, 1.54) is 4.57 Å². The van der Waals surface area contributed by atoms with Crippen molar-refractivity contribution in [2.45, 2.75) is 20.0 Å². The van der Waals surface area contributed by atoms with Gasteiger partial charge in [0.15, 0.2) is 11.5 Å². The largest absolute Gasteiger partial charge is 0.394 e. The smallest absolute Gasteiger partial charge is 0.328 e. The molecule has 3 aromatic heterocycles. The second kappa shape index (κ2) is 5.67. The minimum absolute atomic E-state index is 0.00851. The number of aromatic nitrogens is 7. The van der Waals surface area contributed by atoms with Crippen LogP contribution in [0.5, 0.6) is 0 Å². The van der Waals surface area contributed by atoms with Crippen molar-refractivity contribution in [3.63, 3.8) is 0 Å². The van der Waals surface area contributed by atoms with E-state index >= 15 is 0 Å². The first-order chi connectivity index (χ1) is 12.1. The van der Waals surface area contributed by atoms with E-state index < -0.39 is 0 Å². The highest BCUT2D eigenvalue weighted by Crippen LogP contribution is 2.17. The molecule has 0 atom stereocenters. The van der Waals surface area contributed by atoms with Gasteiger partial charge >= 0.3 is 5.69 Å². The molecular formula is C15H16N8O2. The number of aliphatic hydroxyl groups is 1. The van der Waals surface area contributed by atoms with Crippen LogP contribution in [-0.4, -0.2) is 46.2 Å². The second-order valence-electron chi connectivity index (χ2n) is 5.73. The summed E-state index contributed by atoms with van der Waals surface area (Å²) in [5.41, 5.74) is 8.87. The van der Waals surface area contributed by atoms with Crippen molar-refractivity contribution >= 4 is 28.0 Å². The molecule has 128 valence electrons. The Bertz CT molecular complexity index is 1140. The zero-order chi connectivity index (χ0) is 17.6. The minimum atomic E-state index is -0.300. The van der Waals surface area contributed by atoms with Gasteiger partial charge in [-0.1, -0.05) is 11.3 Å². The molecule has 4 rings (SSSR count). The Hall–Kier alpha value is -3.27. The molecule has 0 saturated carbocycles. The molecule has 0 unspecified atom stereocenters. The molecule has 0 spiro atoms. The number of fused-ring (bicyclic) bond motifs is 2. The van der Waals surface area contributed by atoms with Gasteiger partial charge in [-0.2, -0.15) is 0 Å². The van der Waals surface area contributed by atoms with Crippen LogP contribution in [0, 0.1) is 6.92 Å². The highest BCUT2D eigenvalue weighted by atomic mass is 16.3. The number of imidazole rings is 1. The summed E-state index contributed by atoms with van der Waals surface area (Å²) in [6, 6.07) is 5.62. The van der Waals surface area contributed by atoms with Gasteiger partial charge in [0.2, 0.25) is 0 Å². The quantitative estimate of drug-likeness (QED) is 0.467. The third-order valence-electron chi connectivity index (χ3n) is 3.99. The molecule has 0 bridgehead atoms. The average molecular weight is 340 g/mol. The Balaban J connectivity index is 1.77. The molecule has 25 heavy (non-hydrogen) atoms. The molecule has 0 radical (unpaired) electrons. The molecule has 0 amide bonds. The summed E-state index contributed by atoms with van der Waals surface area (Å²) in [4.78, 5) is 23.4. The van der Waals surface area contributed by atoms with E-state index in [0.29, 0.717) is 35.6 Å². The van der Waals surface area contributed by atoms with E-state index in [1.807, 2.05) is 18.2 Å². The van der Waals surface area contributed by atoms with Gasteiger partial charge in [0.25, 0.3) is 0 Å². The van der Waals surface area contributed by atoms with E-state index in [0.717, 1.165) is 11.1 Å². The number of aliphatic hydroxyl groups excluding tert-OH is 1. The topological polar surface area (TPSA) is 141 Å². The van der Waals surface area contributed by atoms with Crippen LogP contribution in [0.25, 0.3) is 22.2 Å². The van der Waals surface area contributed by atoms with Gasteiger partial charge in [-0.25, -0.2) is 19.4 Å². The fraction of sp³-hybridized carbons (Fsp3) is 0.267. The Kier molecular flexibility index (Phi) is 3.46. The van der Waals surface area contributed by atoms with Crippen LogP contribution in [0.1, 0.15) is 11.4 Å². The first-order valence-corrected chi connectivity index (χ1v) is 7.72. The average Bonchev–Trinajstić information content (AvgIpc) is 3.11. The van der Waals surface area contributed by atoms with Crippen molar-refractivity contribution in [1.82, 2.24) is 34.5 Å². The Morgan fingerprint density at radius 2 is 2.16 bits per heavy atom. The lowest BCUT2D eigenvalue weighted by atomic mass is 10.2. The number of aryl methyl sites for hydroxylation is 1. The summed E-state index contributed by atoms with van der Waals surface area (Å²) in [5, 5.41) is 17.2. The van der Waals surface area contributed by atoms with Gasteiger partial charge in [0.1, 0.15) is 16.9 Å².